The normalized spacial score (nSPS) is 18.8. The molecule has 1 fully saturated rings. The summed E-state index contributed by atoms with van der Waals surface area (Å²) in [4.78, 5) is 49.1. The molecule has 13 heteroatoms. The number of rotatable bonds is 8. The Kier molecular flexibility index (Phi) is 9.20. The van der Waals surface area contributed by atoms with Gasteiger partial charge in [-0.3, -0.25) is 4.57 Å². The van der Waals surface area contributed by atoms with Crippen LogP contribution in [-0.4, -0.2) is 57.4 Å². The van der Waals surface area contributed by atoms with Crippen LogP contribution in [0.5, 0.6) is 0 Å². The van der Waals surface area contributed by atoms with E-state index < -0.39 is 42.4 Å². The molecule has 246 valence electrons. The third-order valence-electron chi connectivity index (χ3n) is 7.91. The van der Waals surface area contributed by atoms with Crippen LogP contribution in [0, 0.1) is 0 Å². The van der Waals surface area contributed by atoms with Crippen molar-refractivity contribution in [1.29, 1.82) is 0 Å². The SMILES string of the molecule is O=C(OC[C@H]1O[C@@H](n2c(Cl)nc3nc4cc(Cl)c(Cl)cc4cc32)[C@H](OC(=O)c2ccccc2)[C@@H]1OC(=O)c1ccccc1)c1ccccc1. The first-order chi connectivity index (χ1) is 23.8. The lowest BCUT2D eigenvalue weighted by molar-refractivity contribution is -0.0603. The molecule has 7 rings (SSSR count). The molecule has 2 aromatic heterocycles. The fourth-order valence-electron chi connectivity index (χ4n) is 5.55. The zero-order chi connectivity index (χ0) is 34.1. The Bertz CT molecular complexity index is 2180. The molecule has 10 nitrogen and oxygen atoms in total. The number of imidazole rings is 1. The van der Waals surface area contributed by atoms with Gasteiger partial charge in [0.15, 0.2) is 24.1 Å². The van der Waals surface area contributed by atoms with E-state index in [-0.39, 0.29) is 28.7 Å². The van der Waals surface area contributed by atoms with Gasteiger partial charge in [0.2, 0.25) is 5.28 Å². The summed E-state index contributed by atoms with van der Waals surface area (Å²) < 4.78 is 25.7. The zero-order valence-electron chi connectivity index (χ0n) is 25.2. The van der Waals surface area contributed by atoms with Crippen LogP contribution in [0.1, 0.15) is 37.3 Å². The van der Waals surface area contributed by atoms with Gasteiger partial charge >= 0.3 is 17.9 Å². The van der Waals surface area contributed by atoms with Crippen LogP contribution in [0.15, 0.2) is 109 Å². The number of pyridine rings is 1. The molecule has 0 unspecified atom stereocenters. The van der Waals surface area contributed by atoms with Gasteiger partial charge in [-0.2, -0.15) is 4.98 Å². The molecule has 4 aromatic carbocycles. The molecule has 49 heavy (non-hydrogen) atoms. The van der Waals surface area contributed by atoms with Crippen molar-refractivity contribution >= 4 is 74.8 Å². The Balaban J connectivity index is 1.32. The highest BCUT2D eigenvalue weighted by atomic mass is 35.5. The van der Waals surface area contributed by atoms with E-state index in [0.29, 0.717) is 32.0 Å². The maximum absolute atomic E-state index is 13.6. The minimum absolute atomic E-state index is 0.0594. The topological polar surface area (TPSA) is 119 Å². The fraction of sp³-hybridized carbons (Fsp3) is 0.139. The first-order valence-corrected chi connectivity index (χ1v) is 16.1. The van der Waals surface area contributed by atoms with Crippen molar-refractivity contribution in [2.24, 2.45) is 0 Å². The number of fused-ring (bicyclic) bond motifs is 2. The predicted molar refractivity (Wildman–Crippen MR) is 182 cm³/mol. The van der Waals surface area contributed by atoms with Crippen molar-refractivity contribution in [3.63, 3.8) is 0 Å². The quantitative estimate of drug-likeness (QED) is 0.115. The number of benzene rings is 4. The average molecular weight is 717 g/mol. The lowest BCUT2D eigenvalue weighted by Crippen LogP contribution is -2.41. The molecule has 1 aliphatic heterocycles. The Morgan fingerprint density at radius 2 is 1.20 bits per heavy atom. The third kappa shape index (κ3) is 6.68. The van der Waals surface area contributed by atoms with Crippen LogP contribution in [0.4, 0.5) is 0 Å². The number of nitrogens with zero attached hydrogens (tertiary/aromatic N) is 3. The van der Waals surface area contributed by atoms with E-state index >= 15 is 0 Å². The van der Waals surface area contributed by atoms with Gasteiger partial charge in [0, 0.05) is 5.39 Å². The zero-order valence-corrected chi connectivity index (χ0v) is 27.5. The maximum Gasteiger partial charge on any atom is 0.338 e. The molecule has 0 saturated carbocycles. The maximum atomic E-state index is 13.6. The van der Waals surface area contributed by atoms with Gasteiger partial charge in [-0.15, -0.1) is 0 Å². The lowest BCUT2D eigenvalue weighted by atomic mass is 10.1. The monoisotopic (exact) mass is 715 g/mol. The van der Waals surface area contributed by atoms with Crippen LogP contribution in [0.25, 0.3) is 22.1 Å². The van der Waals surface area contributed by atoms with E-state index in [0.717, 1.165) is 0 Å². The van der Waals surface area contributed by atoms with Crippen LogP contribution in [0.2, 0.25) is 15.3 Å². The molecule has 0 bridgehead atoms. The second-order valence-electron chi connectivity index (χ2n) is 11.0. The summed E-state index contributed by atoms with van der Waals surface area (Å²) in [6, 6.07) is 30.0. The van der Waals surface area contributed by atoms with E-state index in [9.17, 15) is 14.4 Å². The number of aromatic nitrogens is 3. The minimum atomic E-state index is -1.31. The Morgan fingerprint density at radius 1 is 0.673 bits per heavy atom. The average Bonchev–Trinajstić information content (AvgIpc) is 3.61. The van der Waals surface area contributed by atoms with Gasteiger partial charge in [0.25, 0.3) is 0 Å². The number of halogens is 3. The summed E-state index contributed by atoms with van der Waals surface area (Å²) >= 11 is 19.3. The van der Waals surface area contributed by atoms with Crippen LogP contribution >= 0.6 is 34.8 Å². The molecule has 0 spiro atoms. The first kappa shape index (κ1) is 32.5. The number of hydrogen-bond donors (Lipinski definition) is 0. The van der Waals surface area contributed by atoms with Crippen LogP contribution < -0.4 is 0 Å². The van der Waals surface area contributed by atoms with E-state index in [1.807, 2.05) is 0 Å². The second-order valence-corrected chi connectivity index (χ2v) is 12.2. The summed E-state index contributed by atoms with van der Waals surface area (Å²) in [5.41, 5.74) is 1.96. The molecule has 0 N–H and O–H groups in total. The number of ether oxygens (including phenoxy) is 4. The van der Waals surface area contributed by atoms with Crippen molar-refractivity contribution in [1.82, 2.24) is 14.5 Å². The van der Waals surface area contributed by atoms with Crippen molar-refractivity contribution in [2.45, 2.75) is 24.5 Å². The molecule has 0 radical (unpaired) electrons. The molecular formula is C36H24Cl3N3O7. The van der Waals surface area contributed by atoms with Crippen molar-refractivity contribution in [2.75, 3.05) is 6.61 Å². The summed E-state index contributed by atoms with van der Waals surface area (Å²) in [5.74, 6) is -2.06. The van der Waals surface area contributed by atoms with Gasteiger partial charge in [-0.25, -0.2) is 19.4 Å². The van der Waals surface area contributed by atoms with Crippen LogP contribution in [-0.2, 0) is 18.9 Å². The highest BCUT2D eigenvalue weighted by Gasteiger charge is 2.52. The summed E-state index contributed by atoms with van der Waals surface area (Å²) in [6.07, 6.45) is -4.92. The first-order valence-electron chi connectivity index (χ1n) is 15.0. The van der Waals surface area contributed by atoms with Gasteiger partial charge in [-0.1, -0.05) is 77.8 Å². The molecule has 0 aliphatic carbocycles. The standard InChI is InChI=1S/C36H24Cl3N3O7/c37-24-16-23-17-27-31(40-26(23)18-25(24)38)41-36(39)42(27)32-30(49-35(45)22-14-8-3-9-15-22)29(48-34(44)21-12-6-2-7-13-21)28(47-32)19-46-33(43)20-10-4-1-5-11-20/h1-18,28-30,32H,19H2/t28-,29-,30-,32-/m1/s1. The molecular weight excluding hydrogens is 693 g/mol. The smallest absolute Gasteiger partial charge is 0.338 e. The number of esters is 3. The van der Waals surface area contributed by atoms with Gasteiger partial charge < -0.3 is 18.9 Å². The minimum Gasteiger partial charge on any atom is -0.459 e. The molecule has 1 saturated heterocycles. The van der Waals surface area contributed by atoms with E-state index in [1.165, 1.54) is 4.57 Å². The Hall–Kier alpha value is -5.00. The molecule has 3 heterocycles. The van der Waals surface area contributed by atoms with Crippen molar-refractivity contribution in [3.05, 3.63) is 141 Å². The van der Waals surface area contributed by atoms with Gasteiger partial charge in [-0.05, 0) is 66.2 Å². The van der Waals surface area contributed by atoms with E-state index in [2.05, 4.69) is 9.97 Å². The highest BCUT2D eigenvalue weighted by molar-refractivity contribution is 6.42. The number of hydrogen-bond acceptors (Lipinski definition) is 9. The molecule has 0 amide bonds. The highest BCUT2D eigenvalue weighted by Crippen LogP contribution is 2.40. The fourth-order valence-corrected chi connectivity index (χ4v) is 6.15. The Labute approximate surface area is 294 Å². The van der Waals surface area contributed by atoms with Crippen molar-refractivity contribution < 1.29 is 33.3 Å². The summed E-state index contributed by atoms with van der Waals surface area (Å²) in [5, 5.41) is 1.19. The number of carbonyl (C=O) groups excluding carboxylic acids is 3. The third-order valence-corrected chi connectivity index (χ3v) is 8.90. The molecule has 1 aliphatic rings. The Morgan fingerprint density at radius 3 is 1.80 bits per heavy atom. The lowest BCUT2D eigenvalue weighted by Gasteiger charge is -2.25. The van der Waals surface area contributed by atoms with Gasteiger partial charge in [0.05, 0.1) is 37.8 Å². The summed E-state index contributed by atoms with van der Waals surface area (Å²) in [7, 11) is 0. The molecule has 6 aromatic rings. The van der Waals surface area contributed by atoms with Gasteiger partial charge in [0.1, 0.15) is 12.7 Å². The summed E-state index contributed by atoms with van der Waals surface area (Å²) in [6.45, 7) is -0.365. The predicted octanol–water partition coefficient (Wildman–Crippen LogP) is 7.75. The van der Waals surface area contributed by atoms with E-state index in [4.69, 9.17) is 53.8 Å². The van der Waals surface area contributed by atoms with E-state index in [1.54, 1.807) is 109 Å². The second kappa shape index (κ2) is 13.9. The van der Waals surface area contributed by atoms with Crippen molar-refractivity contribution in [3.8, 4) is 0 Å². The van der Waals surface area contributed by atoms with Crippen LogP contribution in [0.3, 0.4) is 0 Å². The largest absolute Gasteiger partial charge is 0.459 e. The number of carbonyl (C=O) groups is 3. The molecule has 4 atom stereocenters.